The van der Waals surface area contributed by atoms with Crippen LogP contribution in [0.4, 0.5) is 4.79 Å². The van der Waals surface area contributed by atoms with Crippen LogP contribution in [0.25, 0.3) is 0 Å². The lowest BCUT2D eigenvalue weighted by Gasteiger charge is -2.17. The van der Waals surface area contributed by atoms with Crippen molar-refractivity contribution in [2.45, 2.75) is 24.5 Å². The van der Waals surface area contributed by atoms with Gasteiger partial charge >= 0.3 is 6.03 Å². The van der Waals surface area contributed by atoms with E-state index in [1.54, 1.807) is 12.0 Å². The standard InChI is InChI=1S/C16H24N2O4S/c1-22-14-7-5-13(6-8-14)4-3-10-17-16(19)18-11-9-15(12-18)23(2,20)21/h5-8,15H,3-4,9-12H2,1-2H3,(H,17,19)/t15-/m0/s1. The predicted octanol–water partition coefficient (Wildman–Crippen LogP) is 1.46. The maximum Gasteiger partial charge on any atom is 0.317 e. The number of aryl methyl sites for hydroxylation is 1. The largest absolute Gasteiger partial charge is 0.497 e. The van der Waals surface area contributed by atoms with Crippen LogP contribution in [0.3, 0.4) is 0 Å². The fourth-order valence-electron chi connectivity index (χ4n) is 2.65. The van der Waals surface area contributed by atoms with Gasteiger partial charge in [0.2, 0.25) is 0 Å². The molecule has 7 heteroatoms. The molecule has 0 unspecified atom stereocenters. The van der Waals surface area contributed by atoms with Crippen LogP contribution < -0.4 is 10.1 Å². The molecule has 2 rings (SSSR count). The summed E-state index contributed by atoms with van der Waals surface area (Å²) in [5.74, 6) is 0.830. The minimum absolute atomic E-state index is 0.175. The van der Waals surface area contributed by atoms with Gasteiger partial charge in [-0.25, -0.2) is 13.2 Å². The minimum atomic E-state index is -3.07. The van der Waals surface area contributed by atoms with E-state index in [0.717, 1.165) is 18.6 Å². The molecule has 2 amide bonds. The molecule has 1 saturated heterocycles. The smallest absolute Gasteiger partial charge is 0.317 e. The van der Waals surface area contributed by atoms with Crippen LogP contribution in [0.15, 0.2) is 24.3 Å². The van der Waals surface area contributed by atoms with Gasteiger partial charge in [0, 0.05) is 25.9 Å². The van der Waals surface area contributed by atoms with Gasteiger partial charge in [-0.1, -0.05) is 12.1 Å². The molecular formula is C16H24N2O4S. The molecular weight excluding hydrogens is 316 g/mol. The van der Waals surface area contributed by atoms with Crippen molar-refractivity contribution in [1.82, 2.24) is 10.2 Å². The number of hydrogen-bond donors (Lipinski definition) is 1. The zero-order valence-corrected chi connectivity index (χ0v) is 14.4. The van der Waals surface area contributed by atoms with Gasteiger partial charge in [-0.2, -0.15) is 0 Å². The Hall–Kier alpha value is -1.76. The Kier molecular flexibility index (Phi) is 5.87. The first-order valence-corrected chi connectivity index (χ1v) is 9.70. The number of methoxy groups -OCH3 is 1. The van der Waals surface area contributed by atoms with Crippen LogP contribution in [0.5, 0.6) is 5.75 Å². The molecule has 1 atom stereocenters. The van der Waals surface area contributed by atoms with Crippen molar-refractivity contribution >= 4 is 15.9 Å². The van der Waals surface area contributed by atoms with Gasteiger partial charge in [-0.3, -0.25) is 0 Å². The van der Waals surface area contributed by atoms with E-state index in [0.29, 0.717) is 26.1 Å². The van der Waals surface area contributed by atoms with Gasteiger partial charge in [-0.05, 0) is 37.0 Å². The van der Waals surface area contributed by atoms with Gasteiger partial charge in [0.15, 0.2) is 9.84 Å². The number of carbonyl (C=O) groups is 1. The molecule has 0 aliphatic carbocycles. The van der Waals surface area contributed by atoms with Gasteiger partial charge in [0.1, 0.15) is 5.75 Å². The van der Waals surface area contributed by atoms with Crippen molar-refractivity contribution in [2.24, 2.45) is 0 Å². The van der Waals surface area contributed by atoms with Crippen LogP contribution in [-0.4, -0.2) is 57.6 Å². The number of amides is 2. The highest BCUT2D eigenvalue weighted by Gasteiger charge is 2.32. The molecule has 23 heavy (non-hydrogen) atoms. The molecule has 1 fully saturated rings. The first-order valence-electron chi connectivity index (χ1n) is 7.74. The van der Waals surface area contributed by atoms with E-state index < -0.39 is 15.1 Å². The second kappa shape index (κ2) is 7.68. The van der Waals surface area contributed by atoms with Crippen molar-refractivity contribution in [3.63, 3.8) is 0 Å². The number of rotatable bonds is 6. The van der Waals surface area contributed by atoms with Crippen LogP contribution in [0.2, 0.25) is 0 Å². The first-order chi connectivity index (χ1) is 10.9. The molecule has 1 N–H and O–H groups in total. The fourth-order valence-corrected chi connectivity index (χ4v) is 3.64. The summed E-state index contributed by atoms with van der Waals surface area (Å²) in [5.41, 5.74) is 1.19. The molecule has 0 radical (unpaired) electrons. The zero-order valence-electron chi connectivity index (χ0n) is 13.6. The van der Waals surface area contributed by atoms with Crippen molar-refractivity contribution in [2.75, 3.05) is 33.0 Å². The lowest BCUT2D eigenvalue weighted by molar-refractivity contribution is 0.209. The van der Waals surface area contributed by atoms with Crippen LogP contribution in [0.1, 0.15) is 18.4 Å². The normalized spacial score (nSPS) is 18.0. The van der Waals surface area contributed by atoms with Crippen LogP contribution >= 0.6 is 0 Å². The van der Waals surface area contributed by atoms with Gasteiger partial charge in [-0.15, -0.1) is 0 Å². The Labute approximate surface area is 137 Å². The van der Waals surface area contributed by atoms with Crippen LogP contribution in [0, 0.1) is 0 Å². The summed E-state index contributed by atoms with van der Waals surface area (Å²) < 4.78 is 28.1. The topological polar surface area (TPSA) is 75.7 Å². The summed E-state index contributed by atoms with van der Waals surface area (Å²) in [6, 6.07) is 7.69. The lowest BCUT2D eigenvalue weighted by atomic mass is 10.1. The molecule has 0 spiro atoms. The molecule has 128 valence electrons. The lowest BCUT2D eigenvalue weighted by Crippen LogP contribution is -2.40. The molecule has 1 aliphatic heterocycles. The Morgan fingerprint density at radius 1 is 1.35 bits per heavy atom. The van der Waals surface area contributed by atoms with E-state index in [1.807, 2.05) is 24.3 Å². The quantitative estimate of drug-likeness (QED) is 0.796. The van der Waals surface area contributed by atoms with Crippen LogP contribution in [-0.2, 0) is 16.3 Å². The highest BCUT2D eigenvalue weighted by Crippen LogP contribution is 2.16. The van der Waals surface area contributed by atoms with Crippen molar-refractivity contribution in [1.29, 1.82) is 0 Å². The second-order valence-corrected chi connectivity index (χ2v) is 8.20. The molecule has 0 bridgehead atoms. The maximum absolute atomic E-state index is 12.0. The molecule has 0 aromatic heterocycles. The number of hydrogen-bond acceptors (Lipinski definition) is 4. The number of likely N-dealkylation sites (tertiary alicyclic amines) is 1. The number of benzene rings is 1. The van der Waals surface area contributed by atoms with E-state index in [4.69, 9.17) is 4.74 Å². The number of sulfone groups is 1. The summed E-state index contributed by atoms with van der Waals surface area (Å²) in [5, 5.41) is 2.43. The third-order valence-corrected chi connectivity index (χ3v) is 5.71. The summed E-state index contributed by atoms with van der Waals surface area (Å²) in [6.07, 6.45) is 3.46. The molecule has 1 aromatic rings. The average molecular weight is 340 g/mol. The molecule has 1 aliphatic rings. The van der Waals surface area contributed by atoms with E-state index in [9.17, 15) is 13.2 Å². The minimum Gasteiger partial charge on any atom is -0.497 e. The Bertz CT molecular complexity index is 628. The SMILES string of the molecule is COc1ccc(CCCNC(=O)N2CC[C@H](S(C)(=O)=O)C2)cc1. The third-order valence-electron chi connectivity index (χ3n) is 4.12. The number of ether oxygens (including phenoxy) is 1. The molecule has 0 saturated carbocycles. The van der Waals surface area contributed by atoms with E-state index in [-0.39, 0.29) is 6.03 Å². The van der Waals surface area contributed by atoms with E-state index in [2.05, 4.69) is 5.32 Å². The maximum atomic E-state index is 12.0. The van der Waals surface area contributed by atoms with Crippen molar-refractivity contribution in [3.05, 3.63) is 29.8 Å². The monoisotopic (exact) mass is 340 g/mol. The number of nitrogens with zero attached hydrogens (tertiary/aromatic N) is 1. The van der Waals surface area contributed by atoms with Gasteiger partial charge in [0.05, 0.1) is 12.4 Å². The number of nitrogens with one attached hydrogen (secondary N) is 1. The van der Waals surface area contributed by atoms with Crippen molar-refractivity contribution in [3.8, 4) is 5.75 Å². The molecule has 6 nitrogen and oxygen atoms in total. The summed E-state index contributed by atoms with van der Waals surface area (Å²) in [4.78, 5) is 13.6. The molecule has 1 heterocycles. The van der Waals surface area contributed by atoms with Gasteiger partial charge in [0.25, 0.3) is 0 Å². The highest BCUT2D eigenvalue weighted by atomic mass is 32.2. The van der Waals surface area contributed by atoms with Gasteiger partial charge < -0.3 is 15.0 Å². The number of urea groups is 1. The third kappa shape index (κ3) is 5.13. The summed E-state index contributed by atoms with van der Waals surface area (Å²) in [6.45, 7) is 1.37. The fraction of sp³-hybridized carbons (Fsp3) is 0.562. The summed E-state index contributed by atoms with van der Waals surface area (Å²) >= 11 is 0. The zero-order chi connectivity index (χ0) is 16.9. The highest BCUT2D eigenvalue weighted by molar-refractivity contribution is 7.91. The Morgan fingerprint density at radius 2 is 2.04 bits per heavy atom. The number of carbonyl (C=O) groups excluding carboxylic acids is 1. The van der Waals surface area contributed by atoms with E-state index >= 15 is 0 Å². The first kappa shape index (κ1) is 17.6. The predicted molar refractivity (Wildman–Crippen MR) is 89.5 cm³/mol. The molecule has 1 aromatic carbocycles. The van der Waals surface area contributed by atoms with Crippen molar-refractivity contribution < 1.29 is 17.9 Å². The Morgan fingerprint density at radius 3 is 2.61 bits per heavy atom. The second-order valence-electron chi connectivity index (χ2n) is 5.87. The average Bonchev–Trinajstić information content (AvgIpc) is 3.02. The Balaban J connectivity index is 1.69. The van der Waals surface area contributed by atoms with E-state index in [1.165, 1.54) is 11.8 Å². The summed E-state index contributed by atoms with van der Waals surface area (Å²) in [7, 11) is -1.43.